The van der Waals surface area contributed by atoms with Gasteiger partial charge < -0.3 is 10.6 Å². The number of nitrogens with one attached hydrogen (secondary N) is 2. The zero-order valence-electron chi connectivity index (χ0n) is 12.4. The van der Waals surface area contributed by atoms with E-state index in [0.717, 1.165) is 0 Å². The highest BCUT2D eigenvalue weighted by molar-refractivity contribution is 5.85. The Morgan fingerprint density at radius 1 is 1.15 bits per heavy atom. The Morgan fingerprint density at radius 2 is 1.75 bits per heavy atom. The number of nitrogens with zero attached hydrogens (tertiary/aromatic N) is 1. The van der Waals surface area contributed by atoms with Crippen molar-refractivity contribution >= 4 is 18.3 Å². The number of halogens is 1. The quantitative estimate of drug-likeness (QED) is 0.830. The van der Waals surface area contributed by atoms with E-state index in [1.165, 1.54) is 51.4 Å². The van der Waals surface area contributed by atoms with Gasteiger partial charge in [0.05, 0.1) is 6.54 Å². The summed E-state index contributed by atoms with van der Waals surface area (Å²) >= 11 is 0. The highest BCUT2D eigenvalue weighted by atomic mass is 35.5. The topological polar surface area (TPSA) is 44.4 Å². The van der Waals surface area contributed by atoms with Crippen LogP contribution in [0.25, 0.3) is 0 Å². The van der Waals surface area contributed by atoms with Crippen LogP contribution in [0.5, 0.6) is 0 Å². The lowest BCUT2D eigenvalue weighted by molar-refractivity contribution is -0.123. The number of carbonyl (C=O) groups excluding carboxylic acids is 1. The van der Waals surface area contributed by atoms with Gasteiger partial charge in [0.15, 0.2) is 0 Å². The summed E-state index contributed by atoms with van der Waals surface area (Å²) in [4.78, 5) is 14.3. The first kappa shape index (κ1) is 16.1. The van der Waals surface area contributed by atoms with E-state index in [4.69, 9.17) is 0 Å². The molecule has 116 valence electrons. The maximum Gasteiger partial charge on any atom is 0.234 e. The Labute approximate surface area is 128 Å². The van der Waals surface area contributed by atoms with Gasteiger partial charge in [-0.2, -0.15) is 0 Å². The van der Waals surface area contributed by atoms with Crippen LogP contribution in [0.4, 0.5) is 0 Å². The molecule has 0 aromatic rings. The van der Waals surface area contributed by atoms with Crippen molar-refractivity contribution in [3.63, 3.8) is 0 Å². The van der Waals surface area contributed by atoms with Gasteiger partial charge in [0.2, 0.25) is 5.91 Å². The van der Waals surface area contributed by atoms with Gasteiger partial charge >= 0.3 is 0 Å². The second-order valence-corrected chi connectivity index (χ2v) is 6.73. The molecule has 4 nitrogen and oxygen atoms in total. The SMILES string of the molecule is CN(CC(=O)NC1CCCC1)C1CC2CCC(C1)N2.Cl. The molecule has 3 rings (SSSR count). The Balaban J connectivity index is 0.00000147. The Bertz CT molecular complexity index is 321. The van der Waals surface area contributed by atoms with E-state index in [1.54, 1.807) is 0 Å². The zero-order valence-corrected chi connectivity index (χ0v) is 13.3. The number of rotatable bonds is 4. The molecule has 2 N–H and O–H groups in total. The first-order chi connectivity index (χ1) is 9.20. The van der Waals surface area contributed by atoms with Gasteiger partial charge in [-0.3, -0.25) is 9.69 Å². The lowest BCUT2D eigenvalue weighted by Gasteiger charge is -2.35. The molecule has 3 aliphatic rings. The summed E-state index contributed by atoms with van der Waals surface area (Å²) < 4.78 is 0. The number of hydrogen-bond acceptors (Lipinski definition) is 3. The van der Waals surface area contributed by atoms with E-state index in [1.807, 2.05) is 0 Å². The molecule has 2 aliphatic heterocycles. The molecule has 2 heterocycles. The third-order valence-electron chi connectivity index (χ3n) is 5.18. The van der Waals surface area contributed by atoms with E-state index in [-0.39, 0.29) is 18.3 Å². The summed E-state index contributed by atoms with van der Waals surface area (Å²) in [5, 5.41) is 6.85. The molecule has 2 unspecified atom stereocenters. The van der Waals surface area contributed by atoms with Crippen LogP contribution < -0.4 is 10.6 Å². The highest BCUT2D eigenvalue weighted by Gasteiger charge is 2.35. The predicted octanol–water partition coefficient (Wildman–Crippen LogP) is 1.68. The minimum absolute atomic E-state index is 0. The van der Waals surface area contributed by atoms with Crippen LogP contribution >= 0.6 is 12.4 Å². The van der Waals surface area contributed by atoms with Crippen molar-refractivity contribution in [1.29, 1.82) is 0 Å². The molecule has 2 saturated heterocycles. The normalized spacial score (nSPS) is 33.2. The van der Waals surface area contributed by atoms with Crippen LogP contribution in [0.1, 0.15) is 51.4 Å². The average Bonchev–Trinajstić information content (AvgIpc) is 2.99. The molecular weight excluding hydrogens is 274 g/mol. The lowest BCUT2D eigenvalue weighted by atomic mass is 9.98. The second kappa shape index (κ2) is 7.10. The molecular formula is C15H28ClN3O. The van der Waals surface area contributed by atoms with Crippen LogP contribution in [-0.2, 0) is 4.79 Å². The van der Waals surface area contributed by atoms with E-state index in [2.05, 4.69) is 22.6 Å². The molecule has 20 heavy (non-hydrogen) atoms. The summed E-state index contributed by atoms with van der Waals surface area (Å²) in [6.45, 7) is 0.570. The highest BCUT2D eigenvalue weighted by Crippen LogP contribution is 2.29. The van der Waals surface area contributed by atoms with Gasteiger partial charge in [-0.25, -0.2) is 0 Å². The first-order valence-corrected chi connectivity index (χ1v) is 7.96. The van der Waals surface area contributed by atoms with Gasteiger partial charge in [0, 0.05) is 24.2 Å². The number of piperidine rings is 1. The molecule has 3 fully saturated rings. The first-order valence-electron chi connectivity index (χ1n) is 7.96. The van der Waals surface area contributed by atoms with E-state index >= 15 is 0 Å². The Kier molecular flexibility index (Phi) is 5.70. The van der Waals surface area contributed by atoms with Gasteiger partial charge in [-0.1, -0.05) is 12.8 Å². The number of fused-ring (bicyclic) bond motifs is 2. The number of hydrogen-bond donors (Lipinski definition) is 2. The molecule has 1 aliphatic carbocycles. The van der Waals surface area contributed by atoms with Crippen molar-refractivity contribution in [3.8, 4) is 0 Å². The molecule has 1 amide bonds. The standard InChI is InChI=1S/C15H27N3O.ClH/c1-18(10-15(19)17-11-4-2-3-5-11)14-8-12-6-7-13(9-14)16-12;/h11-14,16H,2-10H2,1H3,(H,17,19);1H. The Hall–Kier alpha value is -0.320. The van der Waals surface area contributed by atoms with Crippen molar-refractivity contribution in [2.75, 3.05) is 13.6 Å². The second-order valence-electron chi connectivity index (χ2n) is 6.73. The third kappa shape index (κ3) is 3.86. The molecule has 0 radical (unpaired) electrons. The molecule has 5 heteroatoms. The number of likely N-dealkylation sites (N-methyl/N-ethyl adjacent to an activating group) is 1. The summed E-state index contributed by atoms with van der Waals surface area (Å²) in [5.41, 5.74) is 0. The van der Waals surface area contributed by atoms with E-state index in [9.17, 15) is 4.79 Å². The summed E-state index contributed by atoms with van der Waals surface area (Å²) in [7, 11) is 2.11. The molecule has 0 spiro atoms. The van der Waals surface area contributed by atoms with Gasteiger partial charge in [-0.15, -0.1) is 12.4 Å². The smallest absolute Gasteiger partial charge is 0.234 e. The number of amides is 1. The largest absolute Gasteiger partial charge is 0.352 e. The fourth-order valence-corrected chi connectivity index (χ4v) is 4.09. The fraction of sp³-hybridized carbons (Fsp3) is 0.933. The molecule has 2 bridgehead atoms. The van der Waals surface area contributed by atoms with Crippen molar-refractivity contribution in [3.05, 3.63) is 0 Å². The minimum Gasteiger partial charge on any atom is -0.352 e. The third-order valence-corrected chi connectivity index (χ3v) is 5.18. The van der Waals surface area contributed by atoms with Crippen LogP contribution in [0.3, 0.4) is 0 Å². The van der Waals surface area contributed by atoms with Gasteiger partial charge in [0.25, 0.3) is 0 Å². The molecule has 2 atom stereocenters. The molecule has 0 aromatic heterocycles. The maximum atomic E-state index is 12.1. The summed E-state index contributed by atoms with van der Waals surface area (Å²) in [6.07, 6.45) is 9.97. The van der Waals surface area contributed by atoms with Crippen LogP contribution in [0.2, 0.25) is 0 Å². The van der Waals surface area contributed by atoms with Crippen LogP contribution in [0, 0.1) is 0 Å². The fourth-order valence-electron chi connectivity index (χ4n) is 4.09. The summed E-state index contributed by atoms with van der Waals surface area (Å²) in [5.74, 6) is 0.222. The average molecular weight is 302 g/mol. The molecule has 0 aromatic carbocycles. The van der Waals surface area contributed by atoms with Gasteiger partial charge in [0.1, 0.15) is 0 Å². The lowest BCUT2D eigenvalue weighted by Crippen LogP contribution is -2.50. The van der Waals surface area contributed by atoms with Crippen molar-refractivity contribution in [1.82, 2.24) is 15.5 Å². The molecule has 1 saturated carbocycles. The van der Waals surface area contributed by atoms with Crippen LogP contribution in [-0.4, -0.2) is 48.6 Å². The summed E-state index contributed by atoms with van der Waals surface area (Å²) in [6, 6.07) is 2.44. The van der Waals surface area contributed by atoms with Gasteiger partial charge in [-0.05, 0) is 45.6 Å². The minimum atomic E-state index is 0. The van der Waals surface area contributed by atoms with Crippen molar-refractivity contribution in [2.24, 2.45) is 0 Å². The van der Waals surface area contributed by atoms with E-state index in [0.29, 0.717) is 30.7 Å². The Morgan fingerprint density at radius 3 is 2.35 bits per heavy atom. The monoisotopic (exact) mass is 301 g/mol. The zero-order chi connectivity index (χ0) is 13.2. The number of carbonyl (C=O) groups is 1. The van der Waals surface area contributed by atoms with E-state index < -0.39 is 0 Å². The maximum absolute atomic E-state index is 12.1. The predicted molar refractivity (Wildman–Crippen MR) is 83.2 cm³/mol. The van der Waals surface area contributed by atoms with Crippen LogP contribution in [0.15, 0.2) is 0 Å². The van der Waals surface area contributed by atoms with Crippen molar-refractivity contribution < 1.29 is 4.79 Å². The van der Waals surface area contributed by atoms with Crippen molar-refractivity contribution in [2.45, 2.75) is 75.5 Å².